The number of methoxy groups -OCH3 is 1. The Morgan fingerprint density at radius 2 is 2.30 bits per heavy atom. The number of carbonyl (C=O) groups is 1. The maximum Gasteiger partial charge on any atom is 0.253 e. The standard InChI is InChI=1S/C14H20ClN3O2/c1-9(2)18-7-12(13(8-18)20-3)17-14(19)10-4-5-16-6-11(10)15/h4-6,9,12-13H,7-8H2,1-3H3,(H,17,19)/t12-,13-/m1/s1. The first kappa shape index (κ1) is 15.2. The van der Waals surface area contributed by atoms with Crippen molar-refractivity contribution in [1.29, 1.82) is 0 Å². The van der Waals surface area contributed by atoms with Crippen molar-refractivity contribution in [1.82, 2.24) is 15.2 Å². The van der Waals surface area contributed by atoms with E-state index in [1.54, 1.807) is 19.4 Å². The molecule has 0 unspecified atom stereocenters. The summed E-state index contributed by atoms with van der Waals surface area (Å²) in [7, 11) is 1.67. The largest absolute Gasteiger partial charge is 0.378 e. The number of nitrogens with zero attached hydrogens (tertiary/aromatic N) is 2. The van der Waals surface area contributed by atoms with Crippen LogP contribution < -0.4 is 5.32 Å². The van der Waals surface area contributed by atoms with Gasteiger partial charge in [-0.2, -0.15) is 0 Å². The normalized spacial score (nSPS) is 23.2. The van der Waals surface area contributed by atoms with E-state index in [0.29, 0.717) is 16.6 Å². The van der Waals surface area contributed by atoms with Crippen molar-refractivity contribution in [2.75, 3.05) is 20.2 Å². The van der Waals surface area contributed by atoms with Crippen molar-refractivity contribution in [3.8, 4) is 0 Å². The molecule has 0 aromatic carbocycles. The maximum atomic E-state index is 12.3. The second kappa shape index (κ2) is 6.52. The predicted molar refractivity (Wildman–Crippen MR) is 78.0 cm³/mol. The number of pyridine rings is 1. The lowest BCUT2D eigenvalue weighted by molar-refractivity contribution is 0.0753. The fourth-order valence-corrected chi connectivity index (χ4v) is 2.61. The van der Waals surface area contributed by atoms with Gasteiger partial charge in [0.25, 0.3) is 5.91 Å². The summed E-state index contributed by atoms with van der Waals surface area (Å²) in [5.74, 6) is -0.185. The van der Waals surface area contributed by atoms with Gasteiger partial charge >= 0.3 is 0 Å². The van der Waals surface area contributed by atoms with Crippen LogP contribution in [0.1, 0.15) is 24.2 Å². The maximum absolute atomic E-state index is 12.3. The fourth-order valence-electron chi connectivity index (χ4n) is 2.41. The molecule has 0 saturated carbocycles. The quantitative estimate of drug-likeness (QED) is 0.917. The minimum absolute atomic E-state index is 0.00182. The first-order valence-corrected chi connectivity index (χ1v) is 7.08. The van der Waals surface area contributed by atoms with Crippen LogP contribution in [-0.2, 0) is 4.74 Å². The van der Waals surface area contributed by atoms with Gasteiger partial charge in [0.1, 0.15) is 0 Å². The predicted octanol–water partition coefficient (Wildman–Crippen LogP) is 1.57. The highest BCUT2D eigenvalue weighted by Gasteiger charge is 2.35. The van der Waals surface area contributed by atoms with E-state index >= 15 is 0 Å². The van der Waals surface area contributed by atoms with Crippen molar-refractivity contribution >= 4 is 17.5 Å². The second-order valence-corrected chi connectivity index (χ2v) is 5.66. The summed E-state index contributed by atoms with van der Waals surface area (Å²) >= 11 is 5.99. The third kappa shape index (κ3) is 3.29. The van der Waals surface area contributed by atoms with Crippen LogP contribution in [0.3, 0.4) is 0 Å². The Hall–Kier alpha value is -1.17. The molecule has 1 aromatic rings. The van der Waals surface area contributed by atoms with Gasteiger partial charge in [-0.05, 0) is 19.9 Å². The third-order valence-electron chi connectivity index (χ3n) is 3.66. The Kier molecular flexibility index (Phi) is 4.96. The van der Waals surface area contributed by atoms with Gasteiger partial charge in [0.05, 0.1) is 22.7 Å². The number of hydrogen-bond acceptors (Lipinski definition) is 4. The molecule has 1 fully saturated rings. The molecule has 1 aliphatic rings. The molecule has 5 nitrogen and oxygen atoms in total. The number of carbonyl (C=O) groups excluding carboxylic acids is 1. The van der Waals surface area contributed by atoms with E-state index in [-0.39, 0.29) is 18.1 Å². The van der Waals surface area contributed by atoms with Gasteiger partial charge in [-0.1, -0.05) is 11.6 Å². The van der Waals surface area contributed by atoms with E-state index in [9.17, 15) is 4.79 Å². The molecule has 1 amide bonds. The first-order valence-electron chi connectivity index (χ1n) is 6.70. The van der Waals surface area contributed by atoms with Crippen LogP contribution in [0.2, 0.25) is 5.02 Å². The monoisotopic (exact) mass is 297 g/mol. The number of ether oxygens (including phenoxy) is 1. The number of likely N-dealkylation sites (tertiary alicyclic amines) is 1. The smallest absolute Gasteiger partial charge is 0.253 e. The lowest BCUT2D eigenvalue weighted by Crippen LogP contribution is -2.43. The number of amides is 1. The highest BCUT2D eigenvalue weighted by atomic mass is 35.5. The average molecular weight is 298 g/mol. The van der Waals surface area contributed by atoms with E-state index < -0.39 is 0 Å². The van der Waals surface area contributed by atoms with Crippen LogP contribution in [0.4, 0.5) is 0 Å². The van der Waals surface area contributed by atoms with Crippen molar-refractivity contribution < 1.29 is 9.53 Å². The van der Waals surface area contributed by atoms with Crippen LogP contribution in [0, 0.1) is 0 Å². The Labute approximate surface area is 124 Å². The van der Waals surface area contributed by atoms with Gasteiger partial charge in [-0.25, -0.2) is 0 Å². The second-order valence-electron chi connectivity index (χ2n) is 5.26. The van der Waals surface area contributed by atoms with Crippen LogP contribution in [-0.4, -0.2) is 54.2 Å². The van der Waals surface area contributed by atoms with Gasteiger partial charge in [0.2, 0.25) is 0 Å². The summed E-state index contributed by atoms with van der Waals surface area (Å²) < 4.78 is 5.47. The number of rotatable bonds is 4. The Balaban J connectivity index is 2.05. The number of halogens is 1. The molecule has 1 saturated heterocycles. The Morgan fingerprint density at radius 1 is 1.55 bits per heavy atom. The summed E-state index contributed by atoms with van der Waals surface area (Å²) in [5.41, 5.74) is 0.444. The van der Waals surface area contributed by atoms with Gasteiger partial charge in [0, 0.05) is 38.6 Å². The van der Waals surface area contributed by atoms with Gasteiger partial charge in [-0.3, -0.25) is 14.7 Å². The molecule has 110 valence electrons. The fraction of sp³-hybridized carbons (Fsp3) is 0.571. The van der Waals surface area contributed by atoms with Crippen molar-refractivity contribution in [3.63, 3.8) is 0 Å². The highest BCUT2D eigenvalue weighted by molar-refractivity contribution is 6.33. The summed E-state index contributed by atoms with van der Waals surface area (Å²) in [5, 5.41) is 3.36. The molecule has 2 heterocycles. The lowest BCUT2D eigenvalue weighted by atomic mass is 10.2. The van der Waals surface area contributed by atoms with Gasteiger partial charge in [0.15, 0.2) is 0 Å². The molecule has 20 heavy (non-hydrogen) atoms. The Morgan fingerprint density at radius 3 is 2.90 bits per heavy atom. The Bertz CT molecular complexity index is 481. The van der Waals surface area contributed by atoms with Crippen molar-refractivity contribution in [2.45, 2.75) is 32.0 Å². The zero-order valence-electron chi connectivity index (χ0n) is 12.0. The first-order chi connectivity index (χ1) is 9.52. The summed E-state index contributed by atoms with van der Waals surface area (Å²) in [6.45, 7) is 5.88. The van der Waals surface area contributed by atoms with E-state index in [1.165, 1.54) is 6.20 Å². The van der Waals surface area contributed by atoms with E-state index in [0.717, 1.165) is 13.1 Å². The number of aromatic nitrogens is 1. The molecule has 0 radical (unpaired) electrons. The molecule has 2 rings (SSSR count). The van der Waals surface area contributed by atoms with Crippen molar-refractivity contribution in [2.24, 2.45) is 0 Å². The SMILES string of the molecule is CO[C@@H]1CN(C(C)C)C[C@H]1NC(=O)c1ccncc1Cl. The van der Waals surface area contributed by atoms with E-state index in [2.05, 4.69) is 29.0 Å². The van der Waals surface area contributed by atoms with Gasteiger partial charge < -0.3 is 10.1 Å². The zero-order valence-corrected chi connectivity index (χ0v) is 12.7. The number of hydrogen-bond donors (Lipinski definition) is 1. The molecule has 1 aromatic heterocycles. The molecule has 0 spiro atoms. The molecule has 1 aliphatic heterocycles. The van der Waals surface area contributed by atoms with Gasteiger partial charge in [-0.15, -0.1) is 0 Å². The lowest BCUT2D eigenvalue weighted by Gasteiger charge is -2.20. The van der Waals surface area contributed by atoms with E-state index in [4.69, 9.17) is 16.3 Å². The topological polar surface area (TPSA) is 54.5 Å². The van der Waals surface area contributed by atoms with E-state index in [1.807, 2.05) is 0 Å². The molecule has 1 N–H and O–H groups in total. The molecule has 0 bridgehead atoms. The molecule has 0 aliphatic carbocycles. The van der Waals surface area contributed by atoms with Crippen LogP contribution in [0.25, 0.3) is 0 Å². The summed E-state index contributed by atoms with van der Waals surface area (Å²) in [4.78, 5) is 18.4. The average Bonchev–Trinajstić information content (AvgIpc) is 2.82. The van der Waals surface area contributed by atoms with Crippen molar-refractivity contribution in [3.05, 3.63) is 29.0 Å². The summed E-state index contributed by atoms with van der Waals surface area (Å²) in [6, 6.07) is 2.02. The zero-order chi connectivity index (χ0) is 14.7. The third-order valence-corrected chi connectivity index (χ3v) is 3.96. The molecule has 6 heteroatoms. The van der Waals surface area contributed by atoms with Crippen LogP contribution >= 0.6 is 11.6 Å². The molecular weight excluding hydrogens is 278 g/mol. The van der Waals surface area contributed by atoms with Crippen LogP contribution in [0.15, 0.2) is 18.5 Å². The number of nitrogens with one attached hydrogen (secondary N) is 1. The minimum atomic E-state index is -0.185. The highest BCUT2D eigenvalue weighted by Crippen LogP contribution is 2.18. The minimum Gasteiger partial charge on any atom is -0.378 e. The summed E-state index contributed by atoms with van der Waals surface area (Å²) in [6.07, 6.45) is 3.03. The molecular formula is C14H20ClN3O2. The molecule has 2 atom stereocenters. The van der Waals surface area contributed by atoms with Crippen LogP contribution in [0.5, 0.6) is 0 Å².